The Morgan fingerprint density at radius 2 is 1.81 bits per heavy atom. The Balaban J connectivity index is 2.51. The van der Waals surface area contributed by atoms with E-state index in [-0.39, 0.29) is 11.9 Å². The highest BCUT2D eigenvalue weighted by Gasteiger charge is 2.19. The first-order valence-corrected chi connectivity index (χ1v) is 7.66. The van der Waals surface area contributed by atoms with Crippen molar-refractivity contribution in [3.8, 4) is 0 Å². The molecule has 1 unspecified atom stereocenters. The molecule has 2 rings (SSSR count). The van der Waals surface area contributed by atoms with Crippen LogP contribution in [0.4, 0.5) is 4.39 Å². The first-order chi connectivity index (χ1) is 10.0. The number of nitrogens with one attached hydrogen (secondary N) is 1. The normalized spacial score (nSPS) is 12.4. The fraction of sp³-hybridized carbons (Fsp3) is 0.333. The van der Waals surface area contributed by atoms with Crippen LogP contribution in [0, 0.1) is 19.7 Å². The van der Waals surface area contributed by atoms with Crippen LogP contribution in [0.2, 0.25) is 5.02 Å². The molecule has 0 aromatic heterocycles. The van der Waals surface area contributed by atoms with Crippen LogP contribution in [0.5, 0.6) is 0 Å². The maximum atomic E-state index is 13.7. The average molecular weight is 306 g/mol. The number of halogens is 2. The zero-order valence-electron chi connectivity index (χ0n) is 12.7. The SMILES string of the molecule is CCCNC(c1ccccc1C)c1cc(C)c(F)cc1Cl. The molecule has 21 heavy (non-hydrogen) atoms. The third-order valence-corrected chi connectivity index (χ3v) is 4.01. The van der Waals surface area contributed by atoms with E-state index in [0.29, 0.717) is 10.6 Å². The molecule has 2 aromatic carbocycles. The third kappa shape index (κ3) is 3.63. The summed E-state index contributed by atoms with van der Waals surface area (Å²) in [5, 5.41) is 3.99. The van der Waals surface area contributed by atoms with E-state index in [1.165, 1.54) is 17.2 Å². The third-order valence-electron chi connectivity index (χ3n) is 3.69. The van der Waals surface area contributed by atoms with Gasteiger partial charge in [-0.2, -0.15) is 0 Å². The van der Waals surface area contributed by atoms with E-state index >= 15 is 0 Å². The van der Waals surface area contributed by atoms with Gasteiger partial charge < -0.3 is 5.32 Å². The standard InChI is InChI=1S/C18H21ClFN/c1-4-9-21-18(14-8-6-5-7-12(14)2)15-10-13(3)17(20)11-16(15)19/h5-8,10-11,18,21H,4,9H2,1-3H3. The van der Waals surface area contributed by atoms with Gasteiger partial charge in [-0.1, -0.05) is 42.8 Å². The van der Waals surface area contributed by atoms with E-state index in [1.54, 1.807) is 6.92 Å². The summed E-state index contributed by atoms with van der Waals surface area (Å²) in [5.74, 6) is -0.261. The summed E-state index contributed by atoms with van der Waals surface area (Å²) >= 11 is 6.30. The van der Waals surface area contributed by atoms with Crippen molar-refractivity contribution < 1.29 is 4.39 Å². The highest BCUT2D eigenvalue weighted by Crippen LogP contribution is 2.31. The Labute approximate surface area is 131 Å². The van der Waals surface area contributed by atoms with Crippen LogP contribution in [0.3, 0.4) is 0 Å². The van der Waals surface area contributed by atoms with Crippen LogP contribution in [0.15, 0.2) is 36.4 Å². The second-order valence-electron chi connectivity index (χ2n) is 5.37. The summed E-state index contributed by atoms with van der Waals surface area (Å²) in [6.45, 7) is 6.86. The molecular formula is C18H21ClFN. The van der Waals surface area contributed by atoms with Crippen LogP contribution < -0.4 is 5.32 Å². The number of benzene rings is 2. The maximum absolute atomic E-state index is 13.7. The minimum absolute atomic E-state index is 0.0158. The van der Waals surface area contributed by atoms with Gasteiger partial charge in [0.25, 0.3) is 0 Å². The van der Waals surface area contributed by atoms with Gasteiger partial charge in [-0.25, -0.2) is 4.39 Å². The molecule has 0 amide bonds. The molecule has 0 aliphatic heterocycles. The highest BCUT2D eigenvalue weighted by molar-refractivity contribution is 6.31. The van der Waals surface area contributed by atoms with Crippen LogP contribution in [-0.4, -0.2) is 6.54 Å². The fourth-order valence-electron chi connectivity index (χ4n) is 2.49. The van der Waals surface area contributed by atoms with E-state index in [4.69, 9.17) is 11.6 Å². The summed E-state index contributed by atoms with van der Waals surface area (Å²) < 4.78 is 13.7. The van der Waals surface area contributed by atoms with Gasteiger partial charge >= 0.3 is 0 Å². The summed E-state index contributed by atoms with van der Waals surface area (Å²) in [6, 6.07) is 11.5. The van der Waals surface area contributed by atoms with Crippen molar-refractivity contribution in [2.24, 2.45) is 0 Å². The van der Waals surface area contributed by atoms with E-state index < -0.39 is 0 Å². The number of hydrogen-bond donors (Lipinski definition) is 1. The van der Waals surface area contributed by atoms with E-state index in [2.05, 4.69) is 31.3 Å². The van der Waals surface area contributed by atoms with Gasteiger partial charge in [0.1, 0.15) is 5.82 Å². The summed E-state index contributed by atoms with van der Waals surface area (Å²) in [5.41, 5.74) is 3.92. The van der Waals surface area contributed by atoms with Gasteiger partial charge in [0.05, 0.1) is 6.04 Å². The van der Waals surface area contributed by atoms with E-state index in [9.17, 15) is 4.39 Å². The van der Waals surface area contributed by atoms with Gasteiger partial charge in [0, 0.05) is 5.02 Å². The second-order valence-corrected chi connectivity index (χ2v) is 5.77. The molecule has 0 saturated carbocycles. The number of rotatable bonds is 5. The molecule has 0 spiro atoms. The molecule has 0 heterocycles. The smallest absolute Gasteiger partial charge is 0.127 e. The minimum Gasteiger partial charge on any atom is -0.306 e. The van der Waals surface area contributed by atoms with Crippen molar-refractivity contribution in [2.75, 3.05) is 6.54 Å². The first-order valence-electron chi connectivity index (χ1n) is 7.29. The first kappa shape index (κ1) is 16.0. The van der Waals surface area contributed by atoms with Crippen LogP contribution in [0.25, 0.3) is 0 Å². The van der Waals surface area contributed by atoms with E-state index in [0.717, 1.165) is 18.5 Å². The van der Waals surface area contributed by atoms with Crippen LogP contribution in [-0.2, 0) is 0 Å². The molecule has 0 fully saturated rings. The minimum atomic E-state index is -0.261. The lowest BCUT2D eigenvalue weighted by Gasteiger charge is -2.23. The summed E-state index contributed by atoms with van der Waals surface area (Å²) in [6.07, 6.45) is 1.03. The molecule has 0 bridgehead atoms. The van der Waals surface area contributed by atoms with Crippen molar-refractivity contribution in [1.82, 2.24) is 5.32 Å². The Morgan fingerprint density at radius 3 is 2.48 bits per heavy atom. The maximum Gasteiger partial charge on any atom is 0.127 e. The highest BCUT2D eigenvalue weighted by atomic mass is 35.5. The Bertz CT molecular complexity index is 625. The average Bonchev–Trinajstić information content (AvgIpc) is 2.46. The molecule has 1 atom stereocenters. The molecular weight excluding hydrogens is 285 g/mol. The molecule has 0 aliphatic rings. The Hall–Kier alpha value is -1.38. The Kier molecular flexibility index (Phi) is 5.38. The molecule has 0 aliphatic carbocycles. The molecule has 112 valence electrons. The number of hydrogen-bond acceptors (Lipinski definition) is 1. The molecule has 0 saturated heterocycles. The predicted molar refractivity (Wildman–Crippen MR) is 87.5 cm³/mol. The quantitative estimate of drug-likeness (QED) is 0.802. The molecule has 0 radical (unpaired) electrons. The summed E-state index contributed by atoms with van der Waals surface area (Å²) in [4.78, 5) is 0. The zero-order valence-corrected chi connectivity index (χ0v) is 13.5. The van der Waals surface area contributed by atoms with Crippen molar-refractivity contribution >= 4 is 11.6 Å². The van der Waals surface area contributed by atoms with E-state index in [1.807, 2.05) is 18.2 Å². The van der Waals surface area contributed by atoms with Crippen molar-refractivity contribution in [3.63, 3.8) is 0 Å². The zero-order chi connectivity index (χ0) is 15.4. The van der Waals surface area contributed by atoms with Gasteiger partial charge in [0.2, 0.25) is 0 Å². The van der Waals surface area contributed by atoms with Gasteiger partial charge in [-0.15, -0.1) is 0 Å². The molecule has 1 nitrogen and oxygen atoms in total. The second kappa shape index (κ2) is 7.06. The number of aryl methyl sites for hydroxylation is 2. The van der Waals surface area contributed by atoms with Gasteiger partial charge in [0.15, 0.2) is 0 Å². The largest absolute Gasteiger partial charge is 0.306 e. The lowest BCUT2D eigenvalue weighted by Crippen LogP contribution is -2.24. The van der Waals surface area contributed by atoms with Crippen molar-refractivity contribution in [3.05, 3.63) is 69.5 Å². The lowest BCUT2D eigenvalue weighted by molar-refractivity contribution is 0.588. The monoisotopic (exact) mass is 305 g/mol. The molecule has 3 heteroatoms. The fourth-order valence-corrected chi connectivity index (χ4v) is 2.75. The molecule has 2 aromatic rings. The lowest BCUT2D eigenvalue weighted by atomic mass is 9.93. The predicted octanol–water partition coefficient (Wildman–Crippen LogP) is 5.18. The molecule has 1 N–H and O–H groups in total. The van der Waals surface area contributed by atoms with Crippen LogP contribution in [0.1, 0.15) is 41.6 Å². The Morgan fingerprint density at radius 1 is 1.10 bits per heavy atom. The van der Waals surface area contributed by atoms with Gasteiger partial charge in [-0.3, -0.25) is 0 Å². The summed E-state index contributed by atoms with van der Waals surface area (Å²) in [7, 11) is 0. The topological polar surface area (TPSA) is 12.0 Å². The van der Waals surface area contributed by atoms with Crippen molar-refractivity contribution in [2.45, 2.75) is 33.2 Å². The van der Waals surface area contributed by atoms with Crippen LogP contribution >= 0.6 is 11.6 Å². The van der Waals surface area contributed by atoms with Gasteiger partial charge in [-0.05, 0) is 61.2 Å². The van der Waals surface area contributed by atoms with Crippen molar-refractivity contribution in [1.29, 1.82) is 0 Å².